The molecular weight excluding hydrogens is 210 g/mol. The first-order valence-electron chi connectivity index (χ1n) is 4.94. The molecule has 0 bridgehead atoms. The van der Waals surface area contributed by atoms with Gasteiger partial charge in [-0.25, -0.2) is 9.97 Å². The van der Waals surface area contributed by atoms with Gasteiger partial charge in [-0.05, 0) is 19.6 Å². The molecule has 1 fully saturated rings. The molecule has 0 spiro atoms. The van der Waals surface area contributed by atoms with E-state index in [4.69, 9.17) is 4.74 Å². The molecular formula is C10H15N3OS. The average Bonchev–Trinajstić information content (AvgIpc) is 2.65. The summed E-state index contributed by atoms with van der Waals surface area (Å²) in [6.45, 7) is 3.72. The van der Waals surface area contributed by atoms with Crippen molar-refractivity contribution in [3.8, 4) is 0 Å². The van der Waals surface area contributed by atoms with Crippen LogP contribution in [0.5, 0.6) is 0 Å². The van der Waals surface area contributed by atoms with Crippen LogP contribution < -0.4 is 5.32 Å². The minimum absolute atomic E-state index is 0.0179. The number of thioether (sulfide) groups is 1. The monoisotopic (exact) mass is 225 g/mol. The summed E-state index contributed by atoms with van der Waals surface area (Å²) in [5.74, 6) is 0.877. The Kier molecular flexibility index (Phi) is 3.11. The predicted octanol–water partition coefficient (Wildman–Crippen LogP) is 1.79. The predicted molar refractivity (Wildman–Crippen MR) is 61.3 cm³/mol. The number of hydrogen-bond donors (Lipinski definition) is 1. The highest BCUT2D eigenvalue weighted by atomic mass is 32.2. The molecule has 2 heterocycles. The van der Waals surface area contributed by atoms with Crippen molar-refractivity contribution in [2.45, 2.75) is 23.9 Å². The largest absolute Gasteiger partial charge is 0.379 e. The molecule has 1 aliphatic heterocycles. The van der Waals surface area contributed by atoms with Crippen molar-refractivity contribution in [1.29, 1.82) is 0 Å². The molecule has 1 aromatic rings. The Morgan fingerprint density at radius 1 is 1.53 bits per heavy atom. The molecule has 1 saturated heterocycles. The normalized spacial score (nSPS) is 25.5. The number of anilines is 1. The van der Waals surface area contributed by atoms with E-state index in [9.17, 15) is 0 Å². The van der Waals surface area contributed by atoms with Crippen LogP contribution in [-0.2, 0) is 4.74 Å². The van der Waals surface area contributed by atoms with E-state index in [2.05, 4.69) is 22.2 Å². The van der Waals surface area contributed by atoms with Crippen LogP contribution in [0, 0.1) is 0 Å². The van der Waals surface area contributed by atoms with Crippen LogP contribution >= 0.6 is 11.8 Å². The number of nitrogens with one attached hydrogen (secondary N) is 1. The second-order valence-electron chi connectivity index (χ2n) is 3.93. The molecule has 2 rings (SSSR count). The SMILES string of the molecule is CSc1cc(NC2(C)CCOC2)ncn1. The molecule has 1 aliphatic rings. The van der Waals surface area contributed by atoms with E-state index in [0.29, 0.717) is 0 Å². The Bertz CT molecular complexity index is 339. The molecule has 1 unspecified atom stereocenters. The Labute approximate surface area is 93.8 Å². The maximum Gasteiger partial charge on any atom is 0.130 e. The van der Waals surface area contributed by atoms with Crippen molar-refractivity contribution in [3.05, 3.63) is 12.4 Å². The first-order valence-corrected chi connectivity index (χ1v) is 6.16. The first-order chi connectivity index (χ1) is 7.22. The summed E-state index contributed by atoms with van der Waals surface area (Å²) in [6.07, 6.45) is 4.62. The van der Waals surface area contributed by atoms with Gasteiger partial charge in [0.05, 0.1) is 12.1 Å². The molecule has 0 saturated carbocycles. The van der Waals surface area contributed by atoms with Crippen LogP contribution in [-0.4, -0.2) is 35.0 Å². The van der Waals surface area contributed by atoms with E-state index in [1.54, 1.807) is 18.1 Å². The standard InChI is InChI=1S/C10H15N3OS/c1-10(3-4-14-6-10)13-8-5-9(15-2)12-7-11-8/h5,7H,3-4,6H2,1-2H3,(H,11,12,13). The van der Waals surface area contributed by atoms with E-state index >= 15 is 0 Å². The third-order valence-electron chi connectivity index (χ3n) is 2.50. The van der Waals surface area contributed by atoms with E-state index in [1.807, 2.05) is 12.3 Å². The topological polar surface area (TPSA) is 47.0 Å². The van der Waals surface area contributed by atoms with Gasteiger partial charge < -0.3 is 10.1 Å². The zero-order chi connectivity index (χ0) is 10.7. The van der Waals surface area contributed by atoms with Gasteiger partial charge in [-0.1, -0.05) is 0 Å². The van der Waals surface area contributed by atoms with Crippen LogP contribution in [0.4, 0.5) is 5.82 Å². The van der Waals surface area contributed by atoms with Gasteiger partial charge in [0, 0.05) is 12.7 Å². The highest BCUT2D eigenvalue weighted by molar-refractivity contribution is 7.98. The van der Waals surface area contributed by atoms with Gasteiger partial charge in [0.15, 0.2) is 0 Å². The molecule has 4 nitrogen and oxygen atoms in total. The van der Waals surface area contributed by atoms with Crippen LogP contribution in [0.15, 0.2) is 17.4 Å². The molecule has 15 heavy (non-hydrogen) atoms. The Hall–Kier alpha value is -0.810. The van der Waals surface area contributed by atoms with Crippen molar-refractivity contribution >= 4 is 17.6 Å². The van der Waals surface area contributed by atoms with Crippen molar-refractivity contribution in [2.75, 3.05) is 24.8 Å². The molecule has 82 valence electrons. The van der Waals surface area contributed by atoms with E-state index < -0.39 is 0 Å². The smallest absolute Gasteiger partial charge is 0.130 e. The molecule has 1 N–H and O–H groups in total. The number of aromatic nitrogens is 2. The van der Waals surface area contributed by atoms with Crippen molar-refractivity contribution < 1.29 is 4.74 Å². The van der Waals surface area contributed by atoms with Crippen molar-refractivity contribution in [2.24, 2.45) is 0 Å². The zero-order valence-electron chi connectivity index (χ0n) is 8.99. The quantitative estimate of drug-likeness (QED) is 0.627. The van der Waals surface area contributed by atoms with Gasteiger partial charge in [-0.2, -0.15) is 0 Å². The Balaban J connectivity index is 2.09. The van der Waals surface area contributed by atoms with Crippen molar-refractivity contribution in [3.63, 3.8) is 0 Å². The lowest BCUT2D eigenvalue weighted by Crippen LogP contribution is -2.35. The number of nitrogens with zero attached hydrogens (tertiary/aromatic N) is 2. The Morgan fingerprint density at radius 2 is 2.40 bits per heavy atom. The fraction of sp³-hybridized carbons (Fsp3) is 0.600. The summed E-state index contributed by atoms with van der Waals surface area (Å²) < 4.78 is 5.38. The summed E-state index contributed by atoms with van der Waals surface area (Å²) in [5, 5.41) is 4.38. The van der Waals surface area contributed by atoms with E-state index in [0.717, 1.165) is 30.5 Å². The third-order valence-corrected chi connectivity index (χ3v) is 3.14. The second kappa shape index (κ2) is 4.37. The molecule has 1 atom stereocenters. The van der Waals surface area contributed by atoms with Gasteiger partial charge in [-0.3, -0.25) is 0 Å². The molecule has 0 aliphatic carbocycles. The molecule has 1 aromatic heterocycles. The minimum atomic E-state index is 0.0179. The average molecular weight is 225 g/mol. The minimum Gasteiger partial charge on any atom is -0.379 e. The summed E-state index contributed by atoms with van der Waals surface area (Å²) >= 11 is 1.62. The van der Waals surface area contributed by atoms with Crippen LogP contribution in [0.1, 0.15) is 13.3 Å². The molecule has 0 radical (unpaired) electrons. The van der Waals surface area contributed by atoms with Gasteiger partial charge in [0.25, 0.3) is 0 Å². The molecule has 5 heteroatoms. The van der Waals surface area contributed by atoms with E-state index in [-0.39, 0.29) is 5.54 Å². The maximum absolute atomic E-state index is 5.38. The fourth-order valence-corrected chi connectivity index (χ4v) is 1.98. The Morgan fingerprint density at radius 3 is 3.07 bits per heavy atom. The van der Waals surface area contributed by atoms with Crippen LogP contribution in [0.25, 0.3) is 0 Å². The third kappa shape index (κ3) is 2.60. The van der Waals surface area contributed by atoms with Gasteiger partial charge in [0.1, 0.15) is 17.2 Å². The summed E-state index contributed by atoms with van der Waals surface area (Å²) in [4.78, 5) is 8.34. The first kappa shape index (κ1) is 10.7. The zero-order valence-corrected chi connectivity index (χ0v) is 9.80. The van der Waals surface area contributed by atoms with Crippen LogP contribution in [0.3, 0.4) is 0 Å². The number of ether oxygens (including phenoxy) is 1. The highest BCUT2D eigenvalue weighted by Crippen LogP contribution is 2.23. The highest BCUT2D eigenvalue weighted by Gasteiger charge is 2.29. The molecule has 0 aromatic carbocycles. The van der Waals surface area contributed by atoms with E-state index in [1.165, 1.54) is 0 Å². The maximum atomic E-state index is 5.38. The number of hydrogen-bond acceptors (Lipinski definition) is 5. The van der Waals surface area contributed by atoms with Gasteiger partial charge >= 0.3 is 0 Å². The van der Waals surface area contributed by atoms with Gasteiger partial charge in [-0.15, -0.1) is 11.8 Å². The lowest BCUT2D eigenvalue weighted by Gasteiger charge is -2.24. The molecule has 0 amide bonds. The van der Waals surface area contributed by atoms with Crippen LogP contribution in [0.2, 0.25) is 0 Å². The second-order valence-corrected chi connectivity index (χ2v) is 4.76. The fourth-order valence-electron chi connectivity index (χ4n) is 1.59. The van der Waals surface area contributed by atoms with Gasteiger partial charge in [0.2, 0.25) is 0 Å². The summed E-state index contributed by atoms with van der Waals surface area (Å²) in [7, 11) is 0. The lowest BCUT2D eigenvalue weighted by molar-refractivity contribution is 0.185. The summed E-state index contributed by atoms with van der Waals surface area (Å²) in [5.41, 5.74) is 0.0179. The number of rotatable bonds is 3. The summed E-state index contributed by atoms with van der Waals surface area (Å²) in [6, 6.07) is 1.97. The lowest BCUT2D eigenvalue weighted by atomic mass is 10.0. The van der Waals surface area contributed by atoms with Crippen molar-refractivity contribution in [1.82, 2.24) is 9.97 Å².